The molecule has 0 aliphatic heterocycles. The zero-order valence-electron chi connectivity index (χ0n) is 10.1. The third-order valence-corrected chi connectivity index (χ3v) is 3.65. The van der Waals surface area contributed by atoms with E-state index in [2.05, 4.69) is 5.32 Å². The van der Waals surface area contributed by atoms with Gasteiger partial charge in [0.1, 0.15) is 0 Å². The van der Waals surface area contributed by atoms with E-state index in [1.807, 2.05) is 6.92 Å². The molecule has 0 aromatic heterocycles. The van der Waals surface area contributed by atoms with Gasteiger partial charge in [0.15, 0.2) is 0 Å². The molecule has 0 saturated heterocycles. The molecule has 0 saturated carbocycles. The summed E-state index contributed by atoms with van der Waals surface area (Å²) in [5.74, 6) is -3.40. The molecule has 1 aromatic carbocycles. The predicted molar refractivity (Wildman–Crippen MR) is 64.6 cm³/mol. The number of rotatable bonds is 6. The van der Waals surface area contributed by atoms with Gasteiger partial charge in [-0.3, -0.25) is 0 Å². The maximum atomic E-state index is 12.3. The standard InChI is InChI=1S/C11H15F2NO3S/c1-8(7-17-2)14-9-3-5-10(6-4-9)18(15,16)11(12)13/h3-6,8,11,14H,7H2,1-2H3. The molecule has 18 heavy (non-hydrogen) atoms. The summed E-state index contributed by atoms with van der Waals surface area (Å²) >= 11 is 0. The van der Waals surface area contributed by atoms with Crippen molar-refractivity contribution in [3.05, 3.63) is 24.3 Å². The van der Waals surface area contributed by atoms with Gasteiger partial charge in [-0.25, -0.2) is 8.42 Å². The minimum atomic E-state index is -4.52. The van der Waals surface area contributed by atoms with Gasteiger partial charge in [-0.15, -0.1) is 0 Å². The van der Waals surface area contributed by atoms with Crippen molar-refractivity contribution in [2.45, 2.75) is 23.6 Å². The first-order valence-corrected chi connectivity index (χ1v) is 6.80. The van der Waals surface area contributed by atoms with Gasteiger partial charge in [0.05, 0.1) is 11.5 Å². The largest absolute Gasteiger partial charge is 0.383 e. The van der Waals surface area contributed by atoms with Gasteiger partial charge in [0.25, 0.3) is 0 Å². The van der Waals surface area contributed by atoms with Gasteiger partial charge >= 0.3 is 5.76 Å². The second kappa shape index (κ2) is 6.10. The quantitative estimate of drug-likeness (QED) is 0.866. The summed E-state index contributed by atoms with van der Waals surface area (Å²) < 4.78 is 51.9. The molecule has 102 valence electrons. The molecule has 0 fully saturated rings. The van der Waals surface area contributed by atoms with Gasteiger partial charge < -0.3 is 10.1 Å². The van der Waals surface area contributed by atoms with Gasteiger partial charge in [-0.2, -0.15) is 8.78 Å². The zero-order chi connectivity index (χ0) is 13.8. The summed E-state index contributed by atoms with van der Waals surface area (Å²) in [6.45, 7) is 2.37. The van der Waals surface area contributed by atoms with Gasteiger partial charge in [-0.05, 0) is 31.2 Å². The molecule has 1 rings (SSSR count). The van der Waals surface area contributed by atoms with Crippen LogP contribution in [-0.2, 0) is 14.6 Å². The molecule has 0 aliphatic carbocycles. The maximum absolute atomic E-state index is 12.3. The number of alkyl halides is 2. The van der Waals surface area contributed by atoms with Crippen LogP contribution in [0.15, 0.2) is 29.2 Å². The van der Waals surface area contributed by atoms with Crippen molar-refractivity contribution < 1.29 is 21.9 Å². The van der Waals surface area contributed by atoms with Crippen molar-refractivity contribution in [1.82, 2.24) is 0 Å². The number of methoxy groups -OCH3 is 1. The van der Waals surface area contributed by atoms with Crippen molar-refractivity contribution in [2.24, 2.45) is 0 Å². The van der Waals surface area contributed by atoms with Crippen LogP contribution in [0.1, 0.15) is 6.92 Å². The lowest BCUT2D eigenvalue weighted by atomic mass is 10.3. The van der Waals surface area contributed by atoms with Crippen molar-refractivity contribution in [2.75, 3.05) is 19.0 Å². The summed E-state index contributed by atoms with van der Waals surface area (Å²) in [4.78, 5) is -0.387. The number of sulfone groups is 1. The molecule has 7 heteroatoms. The molecule has 1 unspecified atom stereocenters. The molecular formula is C11H15F2NO3S. The monoisotopic (exact) mass is 279 g/mol. The van der Waals surface area contributed by atoms with E-state index in [1.165, 1.54) is 12.1 Å². The number of hydrogen-bond acceptors (Lipinski definition) is 4. The number of anilines is 1. The highest BCUT2D eigenvalue weighted by Crippen LogP contribution is 2.20. The van der Waals surface area contributed by atoms with Gasteiger partial charge in [-0.1, -0.05) is 0 Å². The van der Waals surface area contributed by atoms with Crippen LogP contribution in [-0.4, -0.2) is 33.9 Å². The number of benzene rings is 1. The third kappa shape index (κ3) is 3.64. The van der Waals surface area contributed by atoms with E-state index in [-0.39, 0.29) is 10.9 Å². The molecule has 0 bridgehead atoms. The summed E-state index contributed by atoms with van der Waals surface area (Å²) in [5, 5.41) is 3.04. The van der Waals surface area contributed by atoms with Gasteiger partial charge in [0.2, 0.25) is 9.84 Å². The van der Waals surface area contributed by atoms with E-state index in [0.717, 1.165) is 12.1 Å². The van der Waals surface area contributed by atoms with Crippen LogP contribution >= 0.6 is 0 Å². The summed E-state index contributed by atoms with van der Waals surface area (Å²) in [5.41, 5.74) is 0.646. The highest BCUT2D eigenvalue weighted by atomic mass is 32.2. The fraction of sp³-hybridized carbons (Fsp3) is 0.455. The Balaban J connectivity index is 2.81. The number of halogens is 2. The average molecular weight is 279 g/mol. The SMILES string of the molecule is COCC(C)Nc1ccc(S(=O)(=O)C(F)F)cc1. The highest BCUT2D eigenvalue weighted by Gasteiger charge is 2.26. The minimum Gasteiger partial charge on any atom is -0.383 e. The molecule has 0 spiro atoms. The molecule has 0 amide bonds. The minimum absolute atomic E-state index is 0.0348. The van der Waals surface area contributed by atoms with Crippen LogP contribution in [0.25, 0.3) is 0 Å². The summed E-state index contributed by atoms with van der Waals surface area (Å²) in [7, 11) is -2.95. The first-order chi connectivity index (χ1) is 8.37. The van der Waals surface area contributed by atoms with E-state index in [1.54, 1.807) is 7.11 Å². The molecule has 0 heterocycles. The van der Waals surface area contributed by atoms with Crippen LogP contribution in [0.3, 0.4) is 0 Å². The van der Waals surface area contributed by atoms with E-state index in [0.29, 0.717) is 12.3 Å². The van der Waals surface area contributed by atoms with E-state index < -0.39 is 15.6 Å². The lowest BCUT2D eigenvalue weighted by Crippen LogP contribution is -2.20. The maximum Gasteiger partial charge on any atom is 0.341 e. The normalized spacial score (nSPS) is 13.6. The Morgan fingerprint density at radius 1 is 1.28 bits per heavy atom. The molecule has 1 N–H and O–H groups in total. The Morgan fingerprint density at radius 2 is 1.83 bits per heavy atom. The Morgan fingerprint density at radius 3 is 2.28 bits per heavy atom. The summed E-state index contributed by atoms with van der Waals surface area (Å²) in [6.07, 6.45) is 0. The molecular weight excluding hydrogens is 264 g/mol. The Hall–Kier alpha value is -1.21. The lowest BCUT2D eigenvalue weighted by Gasteiger charge is -2.14. The molecule has 4 nitrogen and oxygen atoms in total. The lowest BCUT2D eigenvalue weighted by molar-refractivity contribution is 0.190. The van der Waals surface area contributed by atoms with Crippen LogP contribution in [0.2, 0.25) is 0 Å². The predicted octanol–water partition coefficient (Wildman–Crippen LogP) is 2.13. The second-order valence-corrected chi connectivity index (χ2v) is 5.75. The topological polar surface area (TPSA) is 55.4 Å². The Kier molecular flexibility index (Phi) is 5.03. The van der Waals surface area contributed by atoms with Crippen molar-refractivity contribution in [1.29, 1.82) is 0 Å². The number of nitrogens with one attached hydrogen (secondary N) is 1. The first kappa shape index (κ1) is 14.8. The van der Waals surface area contributed by atoms with E-state index in [4.69, 9.17) is 4.74 Å². The molecule has 1 atom stereocenters. The molecule has 0 radical (unpaired) electrons. The van der Waals surface area contributed by atoms with E-state index >= 15 is 0 Å². The third-order valence-electron chi connectivity index (χ3n) is 2.25. The van der Waals surface area contributed by atoms with Crippen LogP contribution < -0.4 is 5.32 Å². The van der Waals surface area contributed by atoms with Crippen molar-refractivity contribution in [3.63, 3.8) is 0 Å². The van der Waals surface area contributed by atoms with Gasteiger partial charge in [0, 0.05) is 18.8 Å². The van der Waals surface area contributed by atoms with E-state index in [9.17, 15) is 17.2 Å². The average Bonchev–Trinajstić information content (AvgIpc) is 2.29. The first-order valence-electron chi connectivity index (χ1n) is 5.25. The molecule has 0 aliphatic rings. The van der Waals surface area contributed by atoms with Crippen LogP contribution in [0.4, 0.5) is 14.5 Å². The number of hydrogen-bond donors (Lipinski definition) is 1. The fourth-order valence-electron chi connectivity index (χ4n) is 1.42. The Labute approximate surface area is 105 Å². The fourth-order valence-corrected chi connectivity index (χ4v) is 2.14. The second-order valence-electron chi connectivity index (χ2n) is 3.83. The Bertz CT molecular complexity index is 474. The van der Waals surface area contributed by atoms with Crippen LogP contribution in [0.5, 0.6) is 0 Å². The van der Waals surface area contributed by atoms with Crippen LogP contribution in [0, 0.1) is 0 Å². The van der Waals surface area contributed by atoms with Crippen molar-refractivity contribution >= 4 is 15.5 Å². The smallest absolute Gasteiger partial charge is 0.341 e. The summed E-state index contributed by atoms with van der Waals surface area (Å²) in [6, 6.07) is 5.24. The molecule has 1 aromatic rings. The van der Waals surface area contributed by atoms with Crippen molar-refractivity contribution in [3.8, 4) is 0 Å². The number of ether oxygens (including phenoxy) is 1. The zero-order valence-corrected chi connectivity index (χ0v) is 10.9. The highest BCUT2D eigenvalue weighted by molar-refractivity contribution is 7.91.